The maximum atomic E-state index is 11.4. The molecular weight excluding hydrogens is 258 g/mol. The Kier molecular flexibility index (Phi) is 2.93. The fraction of sp³-hybridized carbons (Fsp3) is 0.357. The number of rotatable bonds is 5. The van der Waals surface area contributed by atoms with Gasteiger partial charge in [0.25, 0.3) is 0 Å². The summed E-state index contributed by atoms with van der Waals surface area (Å²) >= 11 is 0. The van der Waals surface area contributed by atoms with Gasteiger partial charge in [0.2, 0.25) is 5.91 Å². The van der Waals surface area contributed by atoms with Crippen molar-refractivity contribution in [2.24, 2.45) is 5.73 Å². The third-order valence-corrected chi connectivity index (χ3v) is 3.55. The van der Waals surface area contributed by atoms with Crippen molar-refractivity contribution in [3.05, 3.63) is 29.6 Å². The molecule has 3 N–H and O–H groups in total. The smallest absolute Gasteiger partial charge is 0.337 e. The molecule has 0 aliphatic heterocycles. The maximum absolute atomic E-state index is 11.4. The number of aromatic nitrogens is 2. The maximum Gasteiger partial charge on any atom is 0.337 e. The molecule has 1 aliphatic rings. The van der Waals surface area contributed by atoms with Gasteiger partial charge < -0.3 is 15.4 Å². The summed E-state index contributed by atoms with van der Waals surface area (Å²) in [4.78, 5) is 26.9. The molecule has 1 aromatic heterocycles. The minimum Gasteiger partial charge on any atom is -0.478 e. The minimum atomic E-state index is -0.988. The molecular formula is C14H15N3O3. The molecule has 1 aliphatic carbocycles. The first-order chi connectivity index (χ1) is 9.58. The molecule has 0 saturated heterocycles. The molecule has 1 fully saturated rings. The average molecular weight is 273 g/mol. The highest BCUT2D eigenvalue weighted by atomic mass is 16.4. The molecule has 6 nitrogen and oxygen atoms in total. The number of aryl methyl sites for hydroxylation is 1. The van der Waals surface area contributed by atoms with Gasteiger partial charge in [-0.05, 0) is 25.0 Å². The number of primary amides is 1. The van der Waals surface area contributed by atoms with E-state index in [0.717, 1.165) is 18.7 Å². The van der Waals surface area contributed by atoms with Crippen LogP contribution in [0.1, 0.15) is 41.4 Å². The van der Waals surface area contributed by atoms with Gasteiger partial charge in [-0.25, -0.2) is 9.78 Å². The number of carboxylic acid groups (broad SMARTS) is 1. The highest BCUT2D eigenvalue weighted by molar-refractivity contribution is 6.01. The van der Waals surface area contributed by atoms with Crippen LogP contribution in [0.4, 0.5) is 0 Å². The second-order valence-corrected chi connectivity index (χ2v) is 5.09. The Morgan fingerprint density at radius 1 is 1.40 bits per heavy atom. The van der Waals surface area contributed by atoms with Crippen LogP contribution in [0.15, 0.2) is 18.2 Å². The number of fused-ring (bicyclic) bond motifs is 1. The molecule has 1 heterocycles. The lowest BCUT2D eigenvalue weighted by atomic mass is 10.2. The van der Waals surface area contributed by atoms with Gasteiger partial charge in [-0.3, -0.25) is 4.79 Å². The molecule has 0 radical (unpaired) electrons. The summed E-state index contributed by atoms with van der Waals surface area (Å²) in [6.45, 7) is 0.377. The molecule has 1 amide bonds. The van der Waals surface area contributed by atoms with Crippen molar-refractivity contribution in [3.63, 3.8) is 0 Å². The number of carboxylic acids is 1. The normalized spacial score (nSPS) is 14.6. The number of para-hydroxylation sites is 1. The summed E-state index contributed by atoms with van der Waals surface area (Å²) < 4.78 is 1.85. The largest absolute Gasteiger partial charge is 0.478 e. The second-order valence-electron chi connectivity index (χ2n) is 5.09. The summed E-state index contributed by atoms with van der Waals surface area (Å²) in [5, 5.41) is 9.32. The van der Waals surface area contributed by atoms with E-state index in [1.807, 2.05) is 4.57 Å². The minimum absolute atomic E-state index is 0.180. The molecule has 104 valence electrons. The van der Waals surface area contributed by atoms with Crippen LogP contribution in [0.2, 0.25) is 0 Å². The molecule has 1 saturated carbocycles. The van der Waals surface area contributed by atoms with E-state index in [4.69, 9.17) is 5.73 Å². The standard InChI is InChI=1S/C14H15N3O3/c15-11(18)6-7-17-12-9(14(19)20)2-1-3-10(12)16-13(17)8-4-5-8/h1-3,8H,4-7H2,(H2,15,18)(H,19,20). The van der Waals surface area contributed by atoms with Gasteiger partial charge in [-0.15, -0.1) is 0 Å². The number of aromatic carboxylic acids is 1. The summed E-state index contributed by atoms with van der Waals surface area (Å²) in [7, 11) is 0. The number of carbonyl (C=O) groups excluding carboxylic acids is 1. The van der Waals surface area contributed by atoms with Crippen LogP contribution in [0.25, 0.3) is 11.0 Å². The highest BCUT2D eigenvalue weighted by Gasteiger charge is 2.30. The van der Waals surface area contributed by atoms with Gasteiger partial charge >= 0.3 is 5.97 Å². The fourth-order valence-corrected chi connectivity index (χ4v) is 2.48. The second kappa shape index (κ2) is 4.63. The quantitative estimate of drug-likeness (QED) is 0.862. The molecule has 0 spiro atoms. The number of hydrogen-bond donors (Lipinski definition) is 2. The van der Waals surface area contributed by atoms with Crippen molar-refractivity contribution >= 4 is 22.9 Å². The van der Waals surface area contributed by atoms with Gasteiger partial charge in [0.05, 0.1) is 16.6 Å². The fourth-order valence-electron chi connectivity index (χ4n) is 2.48. The zero-order chi connectivity index (χ0) is 14.3. The Hall–Kier alpha value is -2.37. The zero-order valence-electron chi connectivity index (χ0n) is 10.9. The van der Waals surface area contributed by atoms with E-state index in [1.54, 1.807) is 18.2 Å². The summed E-state index contributed by atoms with van der Waals surface area (Å²) in [5.41, 5.74) is 6.67. The van der Waals surface area contributed by atoms with Gasteiger partial charge in [-0.2, -0.15) is 0 Å². The van der Waals surface area contributed by atoms with E-state index in [9.17, 15) is 14.7 Å². The van der Waals surface area contributed by atoms with Crippen LogP contribution >= 0.6 is 0 Å². The van der Waals surface area contributed by atoms with Crippen molar-refractivity contribution in [3.8, 4) is 0 Å². The van der Waals surface area contributed by atoms with E-state index in [-0.39, 0.29) is 12.0 Å². The number of benzene rings is 1. The first kappa shape index (κ1) is 12.7. The lowest BCUT2D eigenvalue weighted by Crippen LogP contribution is -2.15. The number of hydrogen-bond acceptors (Lipinski definition) is 3. The van der Waals surface area contributed by atoms with Crippen molar-refractivity contribution in [1.82, 2.24) is 9.55 Å². The molecule has 6 heteroatoms. The van der Waals surface area contributed by atoms with Crippen LogP contribution in [-0.2, 0) is 11.3 Å². The van der Waals surface area contributed by atoms with Crippen LogP contribution in [0.5, 0.6) is 0 Å². The Morgan fingerprint density at radius 3 is 2.75 bits per heavy atom. The highest BCUT2D eigenvalue weighted by Crippen LogP contribution is 2.41. The summed E-state index contributed by atoms with van der Waals surface area (Å²) in [6.07, 6.45) is 2.30. The predicted molar refractivity (Wildman–Crippen MR) is 72.5 cm³/mol. The number of carbonyl (C=O) groups is 2. The van der Waals surface area contributed by atoms with Gasteiger partial charge in [0.15, 0.2) is 0 Å². The lowest BCUT2D eigenvalue weighted by molar-refractivity contribution is -0.118. The predicted octanol–water partition coefficient (Wildman–Crippen LogP) is 1.49. The van der Waals surface area contributed by atoms with E-state index >= 15 is 0 Å². The summed E-state index contributed by atoms with van der Waals surface area (Å²) in [6, 6.07) is 5.05. The first-order valence-corrected chi connectivity index (χ1v) is 6.58. The summed E-state index contributed by atoms with van der Waals surface area (Å²) in [5.74, 6) is -0.147. The number of amides is 1. The molecule has 1 aromatic carbocycles. The Labute approximate surface area is 115 Å². The number of nitrogens with zero attached hydrogens (tertiary/aromatic N) is 2. The van der Waals surface area contributed by atoms with Crippen molar-refractivity contribution < 1.29 is 14.7 Å². The third-order valence-electron chi connectivity index (χ3n) is 3.55. The molecule has 0 atom stereocenters. The number of imidazole rings is 1. The average Bonchev–Trinajstić information content (AvgIpc) is 3.17. The Balaban J connectivity index is 2.17. The van der Waals surface area contributed by atoms with Gasteiger partial charge in [0, 0.05) is 18.9 Å². The third kappa shape index (κ3) is 2.13. The molecule has 0 bridgehead atoms. The van der Waals surface area contributed by atoms with Crippen LogP contribution < -0.4 is 5.73 Å². The van der Waals surface area contributed by atoms with Gasteiger partial charge in [0.1, 0.15) is 5.82 Å². The van der Waals surface area contributed by atoms with Crippen molar-refractivity contribution in [1.29, 1.82) is 0 Å². The van der Waals surface area contributed by atoms with E-state index in [0.29, 0.717) is 23.5 Å². The Morgan fingerprint density at radius 2 is 2.15 bits per heavy atom. The molecule has 3 rings (SSSR count). The van der Waals surface area contributed by atoms with E-state index in [1.165, 1.54) is 0 Å². The van der Waals surface area contributed by atoms with Crippen LogP contribution in [0.3, 0.4) is 0 Å². The topological polar surface area (TPSA) is 98.2 Å². The SMILES string of the molecule is NC(=O)CCn1c(C2CC2)nc2cccc(C(=O)O)c21. The number of nitrogens with two attached hydrogens (primary N) is 1. The molecule has 2 aromatic rings. The van der Waals surface area contributed by atoms with Crippen molar-refractivity contribution in [2.45, 2.75) is 31.7 Å². The molecule has 0 unspecified atom stereocenters. The van der Waals surface area contributed by atoms with E-state index in [2.05, 4.69) is 4.98 Å². The van der Waals surface area contributed by atoms with E-state index < -0.39 is 11.9 Å². The first-order valence-electron chi connectivity index (χ1n) is 6.58. The monoisotopic (exact) mass is 273 g/mol. The lowest BCUT2D eigenvalue weighted by Gasteiger charge is -2.08. The molecule has 20 heavy (non-hydrogen) atoms. The van der Waals surface area contributed by atoms with Crippen LogP contribution in [0, 0.1) is 0 Å². The van der Waals surface area contributed by atoms with Gasteiger partial charge in [-0.1, -0.05) is 6.07 Å². The van der Waals surface area contributed by atoms with Crippen LogP contribution in [-0.4, -0.2) is 26.5 Å². The zero-order valence-corrected chi connectivity index (χ0v) is 10.9. The Bertz CT molecular complexity index is 701. The van der Waals surface area contributed by atoms with Crippen molar-refractivity contribution in [2.75, 3.05) is 0 Å².